The molecule has 9 nitrogen and oxygen atoms in total. The first-order chi connectivity index (χ1) is 11.4. The highest BCUT2D eigenvalue weighted by molar-refractivity contribution is 7.88. The summed E-state index contributed by atoms with van der Waals surface area (Å²) in [4.78, 5) is 22.1. The van der Waals surface area contributed by atoms with E-state index < -0.39 is 38.3 Å². The van der Waals surface area contributed by atoms with Crippen molar-refractivity contribution in [2.45, 2.75) is 38.2 Å². The van der Waals surface area contributed by atoms with E-state index >= 15 is 0 Å². The first-order valence-corrected chi connectivity index (χ1v) is 9.04. The first-order valence-electron chi connectivity index (χ1n) is 7.39. The molecule has 0 spiro atoms. The topological polar surface area (TPSA) is 125 Å². The van der Waals surface area contributed by atoms with E-state index in [4.69, 9.17) is 4.74 Å². The number of carbonyl (C=O) groups is 1. The van der Waals surface area contributed by atoms with Crippen molar-refractivity contribution in [1.82, 2.24) is 4.72 Å². The molecule has 0 heterocycles. The monoisotopic (exact) mass is 374 g/mol. The highest BCUT2D eigenvalue weighted by atomic mass is 32.2. The molecular weight excluding hydrogens is 352 g/mol. The number of sulfonamides is 1. The fraction of sp³-hybridized carbons (Fsp3) is 0.533. The lowest BCUT2D eigenvalue weighted by Gasteiger charge is -2.23. The Morgan fingerprint density at radius 2 is 1.92 bits per heavy atom. The number of benzene rings is 1. The van der Waals surface area contributed by atoms with Gasteiger partial charge < -0.3 is 9.47 Å². The average molecular weight is 374 g/mol. The Hall–Kier alpha value is -2.04. The van der Waals surface area contributed by atoms with Crippen LogP contribution in [0.3, 0.4) is 0 Å². The van der Waals surface area contributed by atoms with Crippen LogP contribution >= 0.6 is 0 Å². The van der Waals surface area contributed by atoms with Gasteiger partial charge in [0.25, 0.3) is 5.69 Å². The zero-order valence-corrected chi connectivity index (χ0v) is 15.3. The van der Waals surface area contributed by atoms with Crippen LogP contribution in [0.1, 0.15) is 26.3 Å². The summed E-state index contributed by atoms with van der Waals surface area (Å²) in [5, 5.41) is 11.0. The number of nitro groups is 1. The van der Waals surface area contributed by atoms with Gasteiger partial charge in [0.1, 0.15) is 6.04 Å². The number of para-hydroxylation sites is 1. The second kappa shape index (κ2) is 8.37. The maximum absolute atomic E-state index is 12.3. The van der Waals surface area contributed by atoms with Crippen LogP contribution in [0.5, 0.6) is 0 Å². The van der Waals surface area contributed by atoms with Crippen molar-refractivity contribution in [3.8, 4) is 0 Å². The van der Waals surface area contributed by atoms with Gasteiger partial charge in [-0.1, -0.05) is 18.2 Å². The summed E-state index contributed by atoms with van der Waals surface area (Å²) in [5.74, 6) is -1.46. The third kappa shape index (κ3) is 7.16. The summed E-state index contributed by atoms with van der Waals surface area (Å²) in [6.45, 7) is 5.03. The van der Waals surface area contributed by atoms with Gasteiger partial charge in [-0.15, -0.1) is 0 Å². The number of nitrogens with zero attached hydrogens (tertiary/aromatic N) is 1. The molecule has 0 fully saturated rings. The number of hydrogen-bond donors (Lipinski definition) is 1. The first kappa shape index (κ1) is 21.0. The zero-order valence-electron chi connectivity index (χ0n) is 14.5. The van der Waals surface area contributed by atoms with Crippen molar-refractivity contribution < 1.29 is 27.6 Å². The Labute approximate surface area is 146 Å². The fourth-order valence-corrected chi connectivity index (χ4v) is 3.23. The van der Waals surface area contributed by atoms with Gasteiger partial charge in [0.05, 0.1) is 30.0 Å². The van der Waals surface area contributed by atoms with E-state index in [1.807, 2.05) is 0 Å². The molecule has 10 heteroatoms. The second-order valence-electron chi connectivity index (χ2n) is 6.26. The number of rotatable bonds is 8. The molecule has 0 bridgehead atoms. The summed E-state index contributed by atoms with van der Waals surface area (Å²) in [6, 6.07) is 4.24. The Morgan fingerprint density at radius 3 is 2.44 bits per heavy atom. The second-order valence-corrected chi connectivity index (χ2v) is 8.02. The van der Waals surface area contributed by atoms with Gasteiger partial charge in [-0.05, 0) is 20.8 Å². The number of methoxy groups -OCH3 is 1. The van der Waals surface area contributed by atoms with Gasteiger partial charge in [-0.25, -0.2) is 8.42 Å². The summed E-state index contributed by atoms with van der Waals surface area (Å²) in [6.07, 6.45) is 0. The van der Waals surface area contributed by atoms with Crippen LogP contribution in [0.25, 0.3) is 0 Å². The Morgan fingerprint density at radius 1 is 1.32 bits per heavy atom. The van der Waals surface area contributed by atoms with E-state index in [0.717, 1.165) is 7.11 Å². The number of nitro benzene ring substituents is 1. The van der Waals surface area contributed by atoms with E-state index in [1.54, 1.807) is 20.8 Å². The Kier molecular flexibility index (Phi) is 7.03. The lowest BCUT2D eigenvalue weighted by Crippen LogP contribution is -2.46. The number of esters is 1. The molecule has 1 N–H and O–H groups in total. The number of ether oxygens (including phenoxy) is 2. The van der Waals surface area contributed by atoms with Gasteiger partial charge in [-0.2, -0.15) is 4.72 Å². The average Bonchev–Trinajstić information content (AvgIpc) is 2.49. The van der Waals surface area contributed by atoms with Crippen LogP contribution in [0.15, 0.2) is 24.3 Å². The lowest BCUT2D eigenvalue weighted by molar-refractivity contribution is -0.385. The number of hydrogen-bond acceptors (Lipinski definition) is 7. The SMILES string of the molecule is COC(=O)C(COC(C)(C)C)NS(=O)(=O)Cc1ccccc1[N+](=O)[O-]. The maximum atomic E-state index is 12.3. The molecule has 1 aromatic carbocycles. The number of carbonyl (C=O) groups excluding carboxylic acids is 1. The van der Waals surface area contributed by atoms with Crippen molar-refractivity contribution in [2.75, 3.05) is 13.7 Å². The van der Waals surface area contributed by atoms with E-state index in [0.29, 0.717) is 0 Å². The predicted octanol–water partition coefficient (Wildman–Crippen LogP) is 1.37. The molecule has 0 saturated carbocycles. The minimum Gasteiger partial charge on any atom is -0.468 e. The normalized spacial score (nSPS) is 13.3. The molecule has 1 atom stereocenters. The molecule has 0 aliphatic carbocycles. The van der Waals surface area contributed by atoms with Crippen LogP contribution in [0.2, 0.25) is 0 Å². The highest BCUT2D eigenvalue weighted by Crippen LogP contribution is 2.20. The molecule has 140 valence electrons. The summed E-state index contributed by atoms with van der Waals surface area (Å²) in [5.41, 5.74) is -0.885. The van der Waals surface area contributed by atoms with Gasteiger partial charge in [0, 0.05) is 11.6 Å². The van der Waals surface area contributed by atoms with E-state index in [2.05, 4.69) is 9.46 Å². The molecule has 0 saturated heterocycles. The standard InChI is InChI=1S/C15H22N2O7S/c1-15(2,3)24-9-12(14(18)23-4)16-25(21,22)10-11-7-5-6-8-13(11)17(19)20/h5-8,12,16H,9-10H2,1-4H3. The van der Waals surface area contributed by atoms with Crippen LogP contribution in [-0.4, -0.2) is 44.7 Å². The van der Waals surface area contributed by atoms with Gasteiger partial charge in [0.15, 0.2) is 0 Å². The van der Waals surface area contributed by atoms with Crippen molar-refractivity contribution in [3.05, 3.63) is 39.9 Å². The molecule has 1 unspecified atom stereocenters. The van der Waals surface area contributed by atoms with Gasteiger partial charge >= 0.3 is 5.97 Å². The van der Waals surface area contributed by atoms with Crippen LogP contribution < -0.4 is 4.72 Å². The summed E-state index contributed by atoms with van der Waals surface area (Å²) < 4.78 is 36.9. The fourth-order valence-electron chi connectivity index (χ4n) is 1.90. The molecule has 0 aromatic heterocycles. The van der Waals surface area contributed by atoms with Gasteiger partial charge in [0.2, 0.25) is 10.0 Å². The predicted molar refractivity (Wildman–Crippen MR) is 90.4 cm³/mol. The maximum Gasteiger partial charge on any atom is 0.326 e. The zero-order chi connectivity index (χ0) is 19.3. The minimum absolute atomic E-state index is 0.0142. The smallest absolute Gasteiger partial charge is 0.326 e. The molecule has 0 aliphatic heterocycles. The summed E-state index contributed by atoms with van der Waals surface area (Å²) in [7, 11) is -2.92. The van der Waals surface area contributed by atoms with Crippen LogP contribution in [0.4, 0.5) is 5.69 Å². The van der Waals surface area contributed by atoms with E-state index in [1.165, 1.54) is 24.3 Å². The molecule has 0 radical (unpaired) electrons. The Bertz CT molecular complexity index is 726. The van der Waals surface area contributed by atoms with Gasteiger partial charge in [-0.3, -0.25) is 14.9 Å². The molecule has 1 aromatic rings. The molecule has 1 rings (SSSR count). The van der Waals surface area contributed by atoms with E-state index in [-0.39, 0.29) is 17.9 Å². The molecule has 0 amide bonds. The third-order valence-corrected chi connectivity index (χ3v) is 4.36. The highest BCUT2D eigenvalue weighted by Gasteiger charge is 2.29. The molecule has 0 aliphatic rings. The van der Waals surface area contributed by atoms with E-state index in [9.17, 15) is 23.3 Å². The molecule has 25 heavy (non-hydrogen) atoms. The number of nitrogens with one attached hydrogen (secondary N) is 1. The van der Waals surface area contributed by atoms with Crippen molar-refractivity contribution in [1.29, 1.82) is 0 Å². The molecular formula is C15H22N2O7S. The lowest BCUT2D eigenvalue weighted by atomic mass is 10.2. The third-order valence-electron chi connectivity index (χ3n) is 3.02. The van der Waals surface area contributed by atoms with Crippen molar-refractivity contribution >= 4 is 21.7 Å². The van der Waals surface area contributed by atoms with Crippen molar-refractivity contribution in [2.24, 2.45) is 0 Å². The van der Waals surface area contributed by atoms with Crippen molar-refractivity contribution in [3.63, 3.8) is 0 Å². The van der Waals surface area contributed by atoms with Crippen LogP contribution in [0, 0.1) is 10.1 Å². The summed E-state index contributed by atoms with van der Waals surface area (Å²) >= 11 is 0. The quantitative estimate of drug-likeness (QED) is 0.414. The van der Waals surface area contributed by atoms with Crippen LogP contribution in [-0.2, 0) is 30.0 Å². The Balaban J connectivity index is 2.96. The largest absolute Gasteiger partial charge is 0.468 e. The minimum atomic E-state index is -4.05.